The number of anilines is 1. The molecule has 0 bridgehead atoms. The van der Waals surface area contributed by atoms with Crippen LogP contribution < -0.4 is 10.2 Å². The second kappa shape index (κ2) is 8.51. The summed E-state index contributed by atoms with van der Waals surface area (Å²) < 4.78 is 13.5. The van der Waals surface area contributed by atoms with Gasteiger partial charge in [0.1, 0.15) is 11.4 Å². The van der Waals surface area contributed by atoms with E-state index in [4.69, 9.17) is 0 Å². The molecule has 2 aromatic carbocycles. The molecule has 2 unspecified atom stereocenters. The molecule has 0 radical (unpaired) electrons. The summed E-state index contributed by atoms with van der Waals surface area (Å²) in [5.74, 6) is 0.448. The summed E-state index contributed by atoms with van der Waals surface area (Å²) in [6, 6.07) is 14.1. The Hall–Kier alpha value is -2.40. The van der Waals surface area contributed by atoms with Crippen LogP contribution in [0.15, 0.2) is 42.5 Å². The maximum absolute atomic E-state index is 13.5. The van der Waals surface area contributed by atoms with Gasteiger partial charge in [-0.25, -0.2) is 4.39 Å². The molecule has 1 N–H and O–H groups in total. The van der Waals surface area contributed by atoms with Crippen LogP contribution in [-0.2, 0) is 4.79 Å². The van der Waals surface area contributed by atoms with E-state index in [0.29, 0.717) is 18.6 Å². The van der Waals surface area contributed by atoms with Crippen molar-refractivity contribution in [1.82, 2.24) is 10.2 Å². The number of hydrogen-bond acceptors (Lipinski definition) is 3. The minimum absolute atomic E-state index is 0.121. The zero-order valence-electron chi connectivity index (χ0n) is 19.2. The van der Waals surface area contributed by atoms with Crippen molar-refractivity contribution < 1.29 is 9.18 Å². The fraction of sp³-hybridized carbons (Fsp3) is 0.519. The molecule has 4 nitrogen and oxygen atoms in total. The summed E-state index contributed by atoms with van der Waals surface area (Å²) in [7, 11) is 0. The third kappa shape index (κ3) is 3.81. The fourth-order valence-electron chi connectivity index (χ4n) is 6.43. The molecule has 2 heterocycles. The number of benzene rings is 2. The molecule has 170 valence electrons. The van der Waals surface area contributed by atoms with Crippen molar-refractivity contribution in [1.29, 1.82) is 0 Å². The van der Waals surface area contributed by atoms with Gasteiger partial charge in [-0.1, -0.05) is 42.2 Å². The van der Waals surface area contributed by atoms with E-state index in [9.17, 15) is 9.18 Å². The lowest BCUT2D eigenvalue weighted by atomic mass is 9.76. The molecule has 32 heavy (non-hydrogen) atoms. The van der Waals surface area contributed by atoms with Crippen molar-refractivity contribution in [2.45, 2.75) is 69.9 Å². The maximum Gasteiger partial charge on any atom is 0.247 e. The van der Waals surface area contributed by atoms with Crippen molar-refractivity contribution in [3.63, 3.8) is 0 Å². The van der Waals surface area contributed by atoms with E-state index in [1.165, 1.54) is 54.5 Å². The Labute approximate surface area is 190 Å². The number of carbonyl (C=O) groups is 1. The first kappa shape index (κ1) is 21.4. The summed E-state index contributed by atoms with van der Waals surface area (Å²) in [4.78, 5) is 17.8. The average molecular weight is 436 g/mol. The van der Waals surface area contributed by atoms with Crippen molar-refractivity contribution in [3.8, 4) is 0 Å². The molecule has 3 aliphatic rings. The number of carbonyl (C=O) groups excluding carboxylic acids is 1. The first-order valence-corrected chi connectivity index (χ1v) is 12.1. The van der Waals surface area contributed by atoms with Crippen LogP contribution in [0.5, 0.6) is 0 Å². The number of aryl methyl sites for hydroxylation is 2. The Balaban J connectivity index is 1.35. The van der Waals surface area contributed by atoms with Crippen LogP contribution in [0, 0.1) is 19.7 Å². The van der Waals surface area contributed by atoms with Gasteiger partial charge in [0, 0.05) is 24.8 Å². The van der Waals surface area contributed by atoms with Crippen molar-refractivity contribution in [2.24, 2.45) is 0 Å². The van der Waals surface area contributed by atoms with Gasteiger partial charge in [0.15, 0.2) is 0 Å². The number of likely N-dealkylation sites (tertiary alicyclic amines) is 1. The van der Waals surface area contributed by atoms with E-state index in [1.807, 2.05) is 0 Å². The fourth-order valence-corrected chi connectivity index (χ4v) is 6.43. The predicted molar refractivity (Wildman–Crippen MR) is 126 cm³/mol. The van der Waals surface area contributed by atoms with E-state index < -0.39 is 5.54 Å². The highest BCUT2D eigenvalue weighted by molar-refractivity contribution is 5.93. The van der Waals surface area contributed by atoms with Crippen LogP contribution in [0.3, 0.4) is 0 Å². The smallest absolute Gasteiger partial charge is 0.247 e. The lowest BCUT2D eigenvalue weighted by Crippen LogP contribution is -2.58. The first-order chi connectivity index (χ1) is 15.5. The lowest BCUT2D eigenvalue weighted by Gasteiger charge is -2.48. The monoisotopic (exact) mass is 435 g/mol. The minimum atomic E-state index is -0.515. The van der Waals surface area contributed by atoms with Crippen LogP contribution in [0.4, 0.5) is 10.1 Å². The third-order valence-electron chi connectivity index (χ3n) is 7.97. The third-order valence-corrected chi connectivity index (χ3v) is 7.97. The van der Waals surface area contributed by atoms with Crippen LogP contribution >= 0.6 is 0 Å². The minimum Gasteiger partial charge on any atom is -0.339 e. The van der Waals surface area contributed by atoms with Gasteiger partial charge in [-0.3, -0.25) is 9.69 Å². The van der Waals surface area contributed by atoms with Gasteiger partial charge in [0.05, 0.1) is 6.67 Å². The number of amides is 1. The molecule has 0 aromatic heterocycles. The Morgan fingerprint density at radius 3 is 2.31 bits per heavy atom. The number of nitrogens with zero attached hydrogens (tertiary/aromatic N) is 2. The van der Waals surface area contributed by atoms with Crippen molar-refractivity contribution in [3.05, 3.63) is 65.0 Å². The lowest BCUT2D eigenvalue weighted by molar-refractivity contribution is -0.125. The standard InChI is InChI=1S/C27H34FN3O/c1-19-15-20(2)17-21(16-19)24-5-3-4-6-25(24)30-13-11-27(12-14-30)26(32)29-18-31(27)23-9-7-22(28)8-10-23/h7-10,15-17,24-25H,3-6,11-14,18H2,1-2H3,(H,29,32). The van der Waals surface area contributed by atoms with Gasteiger partial charge in [0.2, 0.25) is 5.91 Å². The molecule has 1 spiro atoms. The van der Waals surface area contributed by atoms with Crippen molar-refractivity contribution in [2.75, 3.05) is 24.7 Å². The summed E-state index contributed by atoms with van der Waals surface area (Å²) in [6.45, 7) is 6.75. The molecule has 5 rings (SSSR count). The van der Waals surface area contributed by atoms with E-state index in [2.05, 4.69) is 47.2 Å². The highest BCUT2D eigenvalue weighted by Gasteiger charge is 2.51. The summed E-state index contributed by atoms with van der Waals surface area (Å²) in [5, 5.41) is 3.06. The first-order valence-electron chi connectivity index (χ1n) is 12.1. The van der Waals surface area contributed by atoms with E-state index in [-0.39, 0.29) is 11.7 Å². The molecule has 2 saturated heterocycles. The van der Waals surface area contributed by atoms with Crippen LogP contribution in [0.1, 0.15) is 61.1 Å². The van der Waals surface area contributed by atoms with Crippen LogP contribution in [0.25, 0.3) is 0 Å². The molecule has 1 aliphatic carbocycles. The molecule has 1 amide bonds. The topological polar surface area (TPSA) is 35.6 Å². The highest BCUT2D eigenvalue weighted by Crippen LogP contribution is 2.41. The molecule has 5 heteroatoms. The maximum atomic E-state index is 13.5. The Kier molecular flexibility index (Phi) is 5.70. The summed E-state index contributed by atoms with van der Waals surface area (Å²) >= 11 is 0. The SMILES string of the molecule is Cc1cc(C)cc(C2CCCCC2N2CCC3(CC2)C(=O)NCN3c2ccc(F)cc2)c1. The van der Waals surface area contributed by atoms with Gasteiger partial charge in [0.25, 0.3) is 0 Å². The Morgan fingerprint density at radius 1 is 0.969 bits per heavy atom. The molecule has 2 aromatic rings. The number of nitrogens with one attached hydrogen (secondary N) is 1. The second-order valence-corrected chi connectivity index (χ2v) is 10.0. The predicted octanol–water partition coefficient (Wildman–Crippen LogP) is 4.90. The van der Waals surface area contributed by atoms with E-state index in [0.717, 1.165) is 31.6 Å². The molecular formula is C27H34FN3O. The van der Waals surface area contributed by atoms with Gasteiger partial charge in [-0.2, -0.15) is 0 Å². The largest absolute Gasteiger partial charge is 0.339 e. The number of rotatable bonds is 3. The Bertz CT molecular complexity index is 961. The van der Waals surface area contributed by atoms with Crippen LogP contribution in [-0.4, -0.2) is 42.1 Å². The van der Waals surface area contributed by atoms with E-state index >= 15 is 0 Å². The molecule has 1 saturated carbocycles. The molecule has 3 fully saturated rings. The second-order valence-electron chi connectivity index (χ2n) is 10.0. The quantitative estimate of drug-likeness (QED) is 0.745. The van der Waals surface area contributed by atoms with Gasteiger partial charge in [-0.05, 0) is 75.3 Å². The van der Waals surface area contributed by atoms with Gasteiger partial charge >= 0.3 is 0 Å². The summed E-state index contributed by atoms with van der Waals surface area (Å²) in [5.41, 5.74) is 4.58. The van der Waals surface area contributed by atoms with Crippen molar-refractivity contribution >= 4 is 11.6 Å². The molecular weight excluding hydrogens is 401 g/mol. The zero-order chi connectivity index (χ0) is 22.3. The molecule has 2 atom stereocenters. The van der Waals surface area contributed by atoms with Gasteiger partial charge in [-0.15, -0.1) is 0 Å². The van der Waals surface area contributed by atoms with Gasteiger partial charge < -0.3 is 10.2 Å². The Morgan fingerprint density at radius 2 is 1.62 bits per heavy atom. The zero-order valence-corrected chi connectivity index (χ0v) is 19.2. The number of piperidine rings is 1. The molecule has 2 aliphatic heterocycles. The highest BCUT2D eigenvalue weighted by atomic mass is 19.1. The summed E-state index contributed by atoms with van der Waals surface area (Å²) in [6.07, 6.45) is 6.69. The average Bonchev–Trinajstić information content (AvgIpc) is 3.10. The van der Waals surface area contributed by atoms with E-state index in [1.54, 1.807) is 12.1 Å². The number of halogens is 1. The van der Waals surface area contributed by atoms with Crippen LogP contribution in [0.2, 0.25) is 0 Å². The normalized spacial score (nSPS) is 25.8. The number of hydrogen-bond donors (Lipinski definition) is 1.